The van der Waals surface area contributed by atoms with Gasteiger partial charge in [-0.25, -0.2) is 4.98 Å². The molecule has 0 aliphatic heterocycles. The van der Waals surface area contributed by atoms with Crippen LogP contribution in [0.15, 0.2) is 12.4 Å². The predicted molar refractivity (Wildman–Crippen MR) is 56.2 cm³/mol. The molecule has 0 amide bonds. The van der Waals surface area contributed by atoms with E-state index in [1.165, 1.54) is 6.04 Å². The van der Waals surface area contributed by atoms with E-state index in [0.29, 0.717) is 6.61 Å². The van der Waals surface area contributed by atoms with Crippen molar-refractivity contribution in [2.75, 3.05) is 6.23 Å². The Morgan fingerprint density at radius 3 is 2.85 bits per heavy atom. The Hall–Kier alpha value is -0.613. The van der Waals surface area contributed by atoms with Crippen molar-refractivity contribution >= 4 is 8.07 Å². The summed E-state index contributed by atoms with van der Waals surface area (Å²) in [6, 6.07) is 1.27. The Kier molecular flexibility index (Phi) is 3.68. The Morgan fingerprint density at radius 2 is 2.31 bits per heavy atom. The maximum atomic E-state index is 5.60. The monoisotopic (exact) mass is 198 g/mol. The highest BCUT2D eigenvalue weighted by Gasteiger charge is 2.17. The third-order valence-electron chi connectivity index (χ3n) is 2.24. The number of rotatable bonds is 5. The zero-order valence-corrected chi connectivity index (χ0v) is 9.63. The topological polar surface area (TPSA) is 37.9 Å². The van der Waals surface area contributed by atoms with Gasteiger partial charge in [-0.15, -0.1) is 0 Å². The van der Waals surface area contributed by atoms with Crippen molar-refractivity contribution in [2.45, 2.75) is 32.7 Å². The fourth-order valence-electron chi connectivity index (χ4n) is 0.903. The highest BCUT2D eigenvalue weighted by molar-refractivity contribution is 6.77. The van der Waals surface area contributed by atoms with Crippen LogP contribution >= 0.6 is 0 Å². The minimum Gasteiger partial charge on any atom is -0.377 e. The van der Waals surface area contributed by atoms with Crippen molar-refractivity contribution in [3.05, 3.63) is 18.2 Å². The van der Waals surface area contributed by atoms with Gasteiger partial charge in [-0.1, -0.05) is 26.1 Å². The third kappa shape index (κ3) is 3.74. The first-order valence-corrected chi connectivity index (χ1v) is 8.11. The Labute approximate surface area is 80.5 Å². The molecule has 0 bridgehead atoms. The van der Waals surface area contributed by atoms with Gasteiger partial charge in [0, 0.05) is 18.6 Å². The molecule has 0 fully saturated rings. The van der Waals surface area contributed by atoms with Crippen molar-refractivity contribution < 1.29 is 4.74 Å². The second kappa shape index (κ2) is 4.57. The van der Waals surface area contributed by atoms with E-state index in [0.717, 1.165) is 12.1 Å². The quantitative estimate of drug-likeness (QED) is 0.736. The molecule has 0 spiro atoms. The molecule has 0 aromatic carbocycles. The van der Waals surface area contributed by atoms with Crippen LogP contribution in [0.1, 0.15) is 12.7 Å². The second-order valence-electron chi connectivity index (χ2n) is 4.05. The first-order chi connectivity index (χ1) is 6.14. The standard InChI is InChI=1S/C9H18N2OSi/c1-4-13(2,3)8-12-7-9-10-5-6-11-9/h5-6H,4,7-8H2,1-3H3,(H,10,11). The summed E-state index contributed by atoms with van der Waals surface area (Å²) < 4.78 is 5.60. The summed E-state index contributed by atoms with van der Waals surface area (Å²) in [6.45, 7) is 7.54. The van der Waals surface area contributed by atoms with Crippen LogP contribution in [0.2, 0.25) is 19.1 Å². The van der Waals surface area contributed by atoms with Gasteiger partial charge in [-0.2, -0.15) is 0 Å². The van der Waals surface area contributed by atoms with E-state index in [1.54, 1.807) is 6.20 Å². The van der Waals surface area contributed by atoms with Gasteiger partial charge in [0.1, 0.15) is 12.4 Å². The van der Waals surface area contributed by atoms with Crippen LogP contribution in [0, 0.1) is 0 Å². The molecule has 1 aromatic heterocycles. The molecular weight excluding hydrogens is 180 g/mol. The lowest BCUT2D eigenvalue weighted by atomic mass is 10.7. The van der Waals surface area contributed by atoms with Gasteiger partial charge < -0.3 is 9.72 Å². The lowest BCUT2D eigenvalue weighted by Crippen LogP contribution is -2.31. The van der Waals surface area contributed by atoms with Gasteiger partial charge in [-0.05, 0) is 0 Å². The van der Waals surface area contributed by atoms with Gasteiger partial charge in [0.05, 0.1) is 8.07 Å². The van der Waals surface area contributed by atoms with Gasteiger partial charge in [-0.3, -0.25) is 0 Å². The number of hydrogen-bond acceptors (Lipinski definition) is 2. The summed E-state index contributed by atoms with van der Waals surface area (Å²) in [7, 11) is -1.07. The molecule has 1 aromatic rings. The minimum absolute atomic E-state index is 0.615. The lowest BCUT2D eigenvalue weighted by Gasteiger charge is -2.19. The first-order valence-electron chi connectivity index (χ1n) is 4.70. The van der Waals surface area contributed by atoms with Crippen molar-refractivity contribution in [1.82, 2.24) is 9.97 Å². The molecule has 3 nitrogen and oxygen atoms in total. The minimum atomic E-state index is -1.07. The molecular formula is C9H18N2OSi. The molecule has 74 valence electrons. The number of nitrogens with zero attached hydrogens (tertiary/aromatic N) is 1. The van der Waals surface area contributed by atoms with Crippen molar-refractivity contribution in [3.8, 4) is 0 Å². The van der Waals surface area contributed by atoms with Crippen LogP contribution < -0.4 is 0 Å². The van der Waals surface area contributed by atoms with Gasteiger partial charge >= 0.3 is 0 Å². The van der Waals surface area contributed by atoms with E-state index in [2.05, 4.69) is 30.0 Å². The number of nitrogens with one attached hydrogen (secondary N) is 1. The number of H-pyrrole nitrogens is 1. The molecule has 0 aliphatic rings. The maximum absolute atomic E-state index is 5.60. The van der Waals surface area contributed by atoms with Crippen molar-refractivity contribution in [2.24, 2.45) is 0 Å². The SMILES string of the molecule is CC[Si](C)(C)COCc1ncc[nH]1. The second-order valence-corrected chi connectivity index (χ2v) is 9.37. The molecule has 13 heavy (non-hydrogen) atoms. The van der Waals surface area contributed by atoms with Gasteiger partial charge in [0.25, 0.3) is 0 Å². The maximum Gasteiger partial charge on any atom is 0.132 e. The third-order valence-corrected chi connectivity index (χ3v) is 5.14. The van der Waals surface area contributed by atoms with Crippen molar-refractivity contribution in [1.29, 1.82) is 0 Å². The van der Waals surface area contributed by atoms with Crippen LogP contribution in [0.25, 0.3) is 0 Å². The van der Waals surface area contributed by atoms with Crippen LogP contribution in [-0.2, 0) is 11.3 Å². The molecule has 0 saturated carbocycles. The van der Waals surface area contributed by atoms with E-state index < -0.39 is 8.07 Å². The Morgan fingerprint density at radius 1 is 1.54 bits per heavy atom. The summed E-state index contributed by atoms with van der Waals surface area (Å²) in [5.74, 6) is 0.918. The molecule has 4 heteroatoms. The molecule has 1 N–H and O–H groups in total. The van der Waals surface area contributed by atoms with E-state index in [-0.39, 0.29) is 0 Å². The molecule has 0 radical (unpaired) electrons. The average molecular weight is 198 g/mol. The average Bonchev–Trinajstić information content (AvgIpc) is 2.57. The van der Waals surface area contributed by atoms with Crippen LogP contribution in [-0.4, -0.2) is 24.3 Å². The summed E-state index contributed by atoms with van der Waals surface area (Å²) in [5, 5.41) is 0. The molecule has 0 atom stereocenters. The van der Waals surface area contributed by atoms with E-state index in [1.807, 2.05) is 6.20 Å². The highest BCUT2D eigenvalue weighted by atomic mass is 28.3. The van der Waals surface area contributed by atoms with Crippen molar-refractivity contribution in [3.63, 3.8) is 0 Å². The molecule has 1 heterocycles. The first kappa shape index (κ1) is 10.5. The molecule has 0 aliphatic carbocycles. The van der Waals surface area contributed by atoms with Crippen LogP contribution in [0.5, 0.6) is 0 Å². The summed E-state index contributed by atoms with van der Waals surface area (Å²) >= 11 is 0. The zero-order valence-electron chi connectivity index (χ0n) is 8.63. The number of ether oxygens (including phenoxy) is 1. The fourth-order valence-corrected chi connectivity index (χ4v) is 1.76. The smallest absolute Gasteiger partial charge is 0.132 e. The van der Waals surface area contributed by atoms with Crippen LogP contribution in [0.3, 0.4) is 0 Å². The van der Waals surface area contributed by atoms with E-state index in [4.69, 9.17) is 4.74 Å². The van der Waals surface area contributed by atoms with Crippen LogP contribution in [0.4, 0.5) is 0 Å². The molecule has 0 unspecified atom stereocenters. The zero-order chi connectivity index (χ0) is 9.73. The van der Waals surface area contributed by atoms with Gasteiger partial charge in [0.15, 0.2) is 0 Å². The molecule has 1 rings (SSSR count). The van der Waals surface area contributed by atoms with Gasteiger partial charge in [0.2, 0.25) is 0 Å². The lowest BCUT2D eigenvalue weighted by molar-refractivity contribution is 0.153. The Balaban J connectivity index is 2.21. The summed E-state index contributed by atoms with van der Waals surface area (Å²) in [4.78, 5) is 7.12. The highest BCUT2D eigenvalue weighted by Crippen LogP contribution is 2.08. The number of hydrogen-bond donors (Lipinski definition) is 1. The largest absolute Gasteiger partial charge is 0.377 e. The fraction of sp³-hybridized carbons (Fsp3) is 0.667. The Bertz CT molecular complexity index is 234. The summed E-state index contributed by atoms with van der Waals surface area (Å²) in [5.41, 5.74) is 0. The summed E-state index contributed by atoms with van der Waals surface area (Å²) in [6.07, 6.45) is 4.49. The van der Waals surface area contributed by atoms with E-state index in [9.17, 15) is 0 Å². The normalized spacial score (nSPS) is 11.9. The number of aromatic amines is 1. The number of aromatic nitrogens is 2. The van der Waals surface area contributed by atoms with E-state index >= 15 is 0 Å². The predicted octanol–water partition coefficient (Wildman–Crippen LogP) is 2.19. The molecule has 0 saturated heterocycles. The number of imidazole rings is 1.